The molecular formula is C28H35F6N7O5. The van der Waals surface area contributed by atoms with E-state index in [9.17, 15) is 31.1 Å². The maximum Gasteiger partial charge on any atom is 0.490 e. The first-order valence-electron chi connectivity index (χ1n) is 13.7. The zero-order valence-electron chi connectivity index (χ0n) is 25.1. The number of aromatic nitrogens is 2. The molecule has 0 spiro atoms. The number of aliphatic imine (C=N–C) groups is 1. The van der Waals surface area contributed by atoms with Gasteiger partial charge < -0.3 is 32.3 Å². The number of carbonyl (C=O) groups excluding carboxylic acids is 1. The largest absolute Gasteiger partial charge is 0.490 e. The number of halogens is 6. The number of carboxylic acid groups (broad SMARTS) is 2. The number of hydrogen-bond donors (Lipinski definition) is 6. The van der Waals surface area contributed by atoms with E-state index in [1.807, 2.05) is 39.0 Å². The van der Waals surface area contributed by atoms with Gasteiger partial charge in [-0.05, 0) is 44.7 Å². The van der Waals surface area contributed by atoms with Gasteiger partial charge in [0, 0.05) is 5.39 Å². The number of amides is 1. The smallest absolute Gasteiger partial charge is 0.475 e. The summed E-state index contributed by atoms with van der Waals surface area (Å²) in [7, 11) is 0. The average Bonchev–Trinajstić information content (AvgIpc) is 2.96. The van der Waals surface area contributed by atoms with Crippen LogP contribution < -0.4 is 22.1 Å². The van der Waals surface area contributed by atoms with Gasteiger partial charge >= 0.3 is 24.3 Å². The number of terminal acetylenes is 1. The number of aliphatic carboxylic acids is 2. The molecule has 254 valence electrons. The minimum Gasteiger partial charge on any atom is -0.475 e. The molecule has 1 amide bonds. The maximum absolute atomic E-state index is 13.1. The molecule has 1 aliphatic rings. The first kappa shape index (κ1) is 39.2. The van der Waals surface area contributed by atoms with Crippen LogP contribution in [0.15, 0.2) is 23.2 Å². The molecule has 2 atom stereocenters. The summed E-state index contributed by atoms with van der Waals surface area (Å²) in [5.41, 5.74) is 12.4. The van der Waals surface area contributed by atoms with Crippen molar-refractivity contribution in [2.45, 2.75) is 89.3 Å². The Balaban J connectivity index is 0.000000629. The second-order valence-corrected chi connectivity index (χ2v) is 10.1. The number of rotatable bonds is 7. The first-order valence-corrected chi connectivity index (χ1v) is 13.7. The molecule has 0 radical (unpaired) electrons. The SMILES string of the molecule is C#CC(CC)(CC)NC(=O)c1nc(NC2CCCCC2N=C(N)N)c2cc(C)ccc2n1.O=C(O)C(F)(F)F.O=C(O)C(F)(F)F. The van der Waals surface area contributed by atoms with Crippen LogP contribution in [0.25, 0.3) is 10.9 Å². The van der Waals surface area contributed by atoms with Gasteiger partial charge in [0.15, 0.2) is 5.96 Å². The number of aryl methyl sites for hydroxylation is 1. The Morgan fingerprint density at radius 3 is 1.98 bits per heavy atom. The van der Waals surface area contributed by atoms with Crippen molar-refractivity contribution < 1.29 is 50.9 Å². The molecule has 1 aromatic carbocycles. The number of guanidine groups is 1. The second kappa shape index (κ2) is 16.5. The standard InChI is InChI=1S/C24H33N7O.2C2HF3O2/c1-5-24(6-2,7-3)31-22(32)21-27-17-13-12-15(4)14-16(17)20(30-21)28-18-10-8-9-11-19(18)29-23(25)26;2*3-2(4,5)1(6)7/h1,12-14,18-19H,6-11H2,2-4H3,(H,31,32)(H4,25,26,29)(H,27,28,30);2*(H,6,7). The highest BCUT2D eigenvalue weighted by Crippen LogP contribution is 2.28. The van der Waals surface area contributed by atoms with Crippen molar-refractivity contribution in [1.29, 1.82) is 0 Å². The van der Waals surface area contributed by atoms with Gasteiger partial charge in [-0.15, -0.1) is 6.42 Å². The topological polar surface area (TPSA) is 206 Å². The van der Waals surface area contributed by atoms with Crippen LogP contribution in [0, 0.1) is 19.3 Å². The van der Waals surface area contributed by atoms with E-state index in [-0.39, 0.29) is 29.8 Å². The van der Waals surface area contributed by atoms with E-state index in [2.05, 4.69) is 31.5 Å². The lowest BCUT2D eigenvalue weighted by Crippen LogP contribution is -2.47. The van der Waals surface area contributed by atoms with Crippen LogP contribution >= 0.6 is 0 Å². The van der Waals surface area contributed by atoms with Gasteiger partial charge in [-0.3, -0.25) is 4.79 Å². The molecule has 1 aliphatic carbocycles. The number of alkyl halides is 6. The summed E-state index contributed by atoms with van der Waals surface area (Å²) >= 11 is 0. The summed E-state index contributed by atoms with van der Waals surface area (Å²) in [6.07, 6.45) is 0.727. The summed E-state index contributed by atoms with van der Waals surface area (Å²) in [4.78, 5) is 44.4. The van der Waals surface area contributed by atoms with Gasteiger partial charge in [0.2, 0.25) is 5.82 Å². The molecule has 1 saturated carbocycles. The second-order valence-electron chi connectivity index (χ2n) is 10.1. The summed E-state index contributed by atoms with van der Waals surface area (Å²) in [6, 6.07) is 5.85. The van der Waals surface area contributed by atoms with Gasteiger partial charge in [-0.1, -0.05) is 44.2 Å². The number of benzene rings is 1. The van der Waals surface area contributed by atoms with Crippen LogP contribution in [0.4, 0.5) is 32.2 Å². The molecular weight excluding hydrogens is 628 g/mol. The molecule has 1 fully saturated rings. The van der Waals surface area contributed by atoms with Crippen molar-refractivity contribution in [2.24, 2.45) is 16.5 Å². The molecule has 18 heteroatoms. The lowest BCUT2D eigenvalue weighted by atomic mass is 9.90. The van der Waals surface area contributed by atoms with Gasteiger partial charge in [-0.25, -0.2) is 24.5 Å². The first-order chi connectivity index (χ1) is 21.2. The van der Waals surface area contributed by atoms with Crippen molar-refractivity contribution in [3.05, 3.63) is 29.6 Å². The van der Waals surface area contributed by atoms with E-state index in [0.717, 1.165) is 36.6 Å². The van der Waals surface area contributed by atoms with Gasteiger partial charge in [0.25, 0.3) is 5.91 Å². The van der Waals surface area contributed by atoms with E-state index in [1.54, 1.807) is 0 Å². The monoisotopic (exact) mass is 663 g/mol. The Hall–Kier alpha value is -4.82. The van der Waals surface area contributed by atoms with Crippen LogP contribution in [0.2, 0.25) is 0 Å². The highest BCUT2D eigenvalue weighted by molar-refractivity contribution is 5.97. The minimum atomic E-state index is -5.08. The van der Waals surface area contributed by atoms with Crippen LogP contribution in [0.1, 0.15) is 68.6 Å². The predicted octanol–water partition coefficient (Wildman–Crippen LogP) is 4.12. The van der Waals surface area contributed by atoms with E-state index in [1.165, 1.54) is 0 Å². The maximum atomic E-state index is 13.1. The number of nitrogens with one attached hydrogen (secondary N) is 2. The van der Waals surface area contributed by atoms with Crippen molar-refractivity contribution in [1.82, 2.24) is 15.3 Å². The number of nitrogens with zero attached hydrogens (tertiary/aromatic N) is 3. The van der Waals surface area contributed by atoms with Crippen LogP contribution in [-0.2, 0) is 9.59 Å². The number of carboxylic acids is 2. The Bertz CT molecular complexity index is 1430. The number of anilines is 1. The van der Waals surface area contributed by atoms with Crippen molar-refractivity contribution >= 4 is 40.5 Å². The Labute approximate surface area is 260 Å². The van der Waals surface area contributed by atoms with Gasteiger partial charge in [0.05, 0.1) is 17.6 Å². The number of fused-ring (bicyclic) bond motifs is 1. The molecule has 1 aromatic heterocycles. The minimum absolute atomic E-state index is 0.0106. The highest BCUT2D eigenvalue weighted by Gasteiger charge is 2.39. The summed E-state index contributed by atoms with van der Waals surface area (Å²) in [5.74, 6) is -2.41. The highest BCUT2D eigenvalue weighted by atomic mass is 19.4. The Morgan fingerprint density at radius 2 is 1.52 bits per heavy atom. The number of carbonyl (C=O) groups is 3. The molecule has 2 unspecified atom stereocenters. The third-order valence-corrected chi connectivity index (χ3v) is 6.74. The zero-order valence-corrected chi connectivity index (χ0v) is 25.1. The summed E-state index contributed by atoms with van der Waals surface area (Å²) in [6.45, 7) is 5.91. The molecule has 2 aromatic rings. The lowest BCUT2D eigenvalue weighted by Gasteiger charge is -2.30. The van der Waals surface area contributed by atoms with Gasteiger partial charge in [0.1, 0.15) is 11.4 Å². The quantitative estimate of drug-likeness (QED) is 0.108. The van der Waals surface area contributed by atoms with Crippen molar-refractivity contribution in [2.75, 3.05) is 5.32 Å². The van der Waals surface area contributed by atoms with Gasteiger partial charge in [-0.2, -0.15) is 26.3 Å². The summed E-state index contributed by atoms with van der Waals surface area (Å²) < 4.78 is 63.5. The van der Waals surface area contributed by atoms with Crippen molar-refractivity contribution in [3.63, 3.8) is 0 Å². The third-order valence-electron chi connectivity index (χ3n) is 6.74. The predicted molar refractivity (Wildman–Crippen MR) is 157 cm³/mol. The Morgan fingerprint density at radius 1 is 1.00 bits per heavy atom. The van der Waals surface area contributed by atoms with Crippen LogP contribution in [-0.4, -0.2) is 74.0 Å². The normalized spacial score (nSPS) is 16.3. The fraction of sp³-hybridized carbons (Fsp3) is 0.500. The van der Waals surface area contributed by atoms with Crippen LogP contribution in [0.3, 0.4) is 0 Å². The molecule has 12 nitrogen and oxygen atoms in total. The molecule has 0 saturated heterocycles. The molecule has 1 heterocycles. The molecule has 3 rings (SSSR count). The van der Waals surface area contributed by atoms with Crippen LogP contribution in [0.5, 0.6) is 0 Å². The zero-order chi connectivity index (χ0) is 35.5. The third kappa shape index (κ3) is 11.9. The van der Waals surface area contributed by atoms with E-state index < -0.39 is 29.8 Å². The lowest BCUT2D eigenvalue weighted by molar-refractivity contribution is -0.193. The number of hydrogen-bond acceptors (Lipinski definition) is 7. The average molecular weight is 664 g/mol. The van der Waals surface area contributed by atoms with Crippen molar-refractivity contribution in [3.8, 4) is 12.3 Å². The fourth-order valence-electron chi connectivity index (χ4n) is 4.20. The molecule has 46 heavy (non-hydrogen) atoms. The fourth-order valence-corrected chi connectivity index (χ4v) is 4.20. The van der Waals surface area contributed by atoms with E-state index >= 15 is 0 Å². The molecule has 0 aliphatic heterocycles. The molecule has 0 bridgehead atoms. The Kier molecular flexibility index (Phi) is 14.0. The summed E-state index contributed by atoms with van der Waals surface area (Å²) in [5, 5.41) is 21.6. The number of nitrogens with two attached hydrogens (primary N) is 2. The van der Waals surface area contributed by atoms with E-state index in [0.29, 0.717) is 24.2 Å². The van der Waals surface area contributed by atoms with E-state index in [4.69, 9.17) is 37.7 Å². The molecule has 8 N–H and O–H groups in total.